The monoisotopic (exact) mass is 262 g/mol. The Morgan fingerprint density at radius 3 is 2.89 bits per heavy atom. The second-order valence-corrected chi connectivity index (χ2v) is 4.76. The van der Waals surface area contributed by atoms with E-state index in [1.54, 1.807) is 6.92 Å². The van der Waals surface area contributed by atoms with Crippen LogP contribution >= 0.6 is 0 Å². The summed E-state index contributed by atoms with van der Waals surface area (Å²) < 4.78 is 0. The van der Waals surface area contributed by atoms with Crippen molar-refractivity contribution >= 4 is 17.5 Å². The number of nitrogens with zero attached hydrogens (tertiary/aromatic N) is 3. The van der Waals surface area contributed by atoms with Crippen molar-refractivity contribution < 1.29 is 4.79 Å². The van der Waals surface area contributed by atoms with Crippen molar-refractivity contribution in [2.75, 3.05) is 42.9 Å². The van der Waals surface area contributed by atoms with Gasteiger partial charge >= 0.3 is 0 Å². The summed E-state index contributed by atoms with van der Waals surface area (Å²) in [7, 11) is 0. The Kier molecular flexibility index (Phi) is 4.60. The van der Waals surface area contributed by atoms with E-state index in [2.05, 4.69) is 22.1 Å². The van der Waals surface area contributed by atoms with Crippen LogP contribution in [0.5, 0.6) is 0 Å². The maximum absolute atomic E-state index is 11.4. The van der Waals surface area contributed by atoms with Gasteiger partial charge in [-0.05, 0) is 25.5 Å². The zero-order chi connectivity index (χ0) is 13.7. The van der Waals surface area contributed by atoms with Gasteiger partial charge < -0.3 is 15.1 Å². The highest BCUT2D eigenvalue weighted by Gasteiger charge is 2.17. The lowest BCUT2D eigenvalue weighted by Crippen LogP contribution is -2.33. The number of rotatable bonds is 3. The lowest BCUT2D eigenvalue weighted by atomic mass is 10.3. The minimum Gasteiger partial charge on any atom is -0.370 e. The molecule has 1 amide bonds. The van der Waals surface area contributed by atoms with Crippen LogP contribution in [0.1, 0.15) is 20.3 Å². The number of amides is 1. The Hall–Kier alpha value is -1.78. The Bertz CT molecular complexity index is 435. The van der Waals surface area contributed by atoms with Gasteiger partial charge in [-0.3, -0.25) is 4.79 Å². The highest BCUT2D eigenvalue weighted by molar-refractivity contribution is 5.73. The number of hydrogen-bond acceptors (Lipinski definition) is 4. The van der Waals surface area contributed by atoms with Gasteiger partial charge in [-0.15, -0.1) is 0 Å². The normalized spacial score (nSPS) is 16.1. The molecule has 104 valence electrons. The number of hydrogen-bond donors (Lipinski definition) is 1. The SMILES string of the molecule is CCNc1cccc(N2CCCN(C(C)=O)CC2)n1. The molecule has 1 aliphatic rings. The molecule has 5 nitrogen and oxygen atoms in total. The molecule has 0 aliphatic carbocycles. The van der Waals surface area contributed by atoms with E-state index in [1.807, 2.05) is 23.1 Å². The molecule has 1 aromatic rings. The molecular formula is C14H22N4O. The smallest absolute Gasteiger partial charge is 0.219 e. The third-order valence-electron chi connectivity index (χ3n) is 3.36. The van der Waals surface area contributed by atoms with Gasteiger partial charge in [0.05, 0.1) is 0 Å². The van der Waals surface area contributed by atoms with Gasteiger partial charge in [0.1, 0.15) is 11.6 Å². The van der Waals surface area contributed by atoms with E-state index in [0.29, 0.717) is 0 Å². The van der Waals surface area contributed by atoms with Gasteiger partial charge in [-0.2, -0.15) is 0 Å². The van der Waals surface area contributed by atoms with E-state index in [9.17, 15) is 4.79 Å². The molecule has 0 spiro atoms. The molecule has 0 bridgehead atoms. The summed E-state index contributed by atoms with van der Waals surface area (Å²) in [4.78, 5) is 20.2. The molecule has 0 saturated carbocycles. The largest absolute Gasteiger partial charge is 0.370 e. The molecule has 0 atom stereocenters. The molecule has 19 heavy (non-hydrogen) atoms. The van der Waals surface area contributed by atoms with E-state index in [1.165, 1.54) is 0 Å². The molecule has 0 radical (unpaired) electrons. The number of pyridine rings is 1. The third-order valence-corrected chi connectivity index (χ3v) is 3.36. The lowest BCUT2D eigenvalue weighted by Gasteiger charge is -2.22. The van der Waals surface area contributed by atoms with Crippen molar-refractivity contribution in [3.8, 4) is 0 Å². The summed E-state index contributed by atoms with van der Waals surface area (Å²) in [5.41, 5.74) is 0. The fourth-order valence-corrected chi connectivity index (χ4v) is 2.34. The van der Waals surface area contributed by atoms with Crippen molar-refractivity contribution in [1.82, 2.24) is 9.88 Å². The maximum Gasteiger partial charge on any atom is 0.219 e. The first kappa shape index (κ1) is 13.6. The topological polar surface area (TPSA) is 48.5 Å². The molecule has 5 heteroatoms. The zero-order valence-electron chi connectivity index (χ0n) is 11.7. The number of aromatic nitrogens is 1. The molecule has 1 aromatic heterocycles. The van der Waals surface area contributed by atoms with Crippen molar-refractivity contribution in [1.29, 1.82) is 0 Å². The van der Waals surface area contributed by atoms with Gasteiger partial charge in [0, 0.05) is 39.6 Å². The van der Waals surface area contributed by atoms with Crippen LogP contribution in [-0.4, -0.2) is 48.5 Å². The first-order chi connectivity index (χ1) is 9.20. The minimum absolute atomic E-state index is 0.163. The van der Waals surface area contributed by atoms with E-state index in [4.69, 9.17) is 0 Å². The van der Waals surface area contributed by atoms with Gasteiger partial charge in [0.25, 0.3) is 0 Å². The Labute approximate surface area is 114 Å². The van der Waals surface area contributed by atoms with Crippen LogP contribution in [0.4, 0.5) is 11.6 Å². The Balaban J connectivity index is 2.05. The fourth-order valence-electron chi connectivity index (χ4n) is 2.34. The molecule has 1 fully saturated rings. The number of anilines is 2. The Morgan fingerprint density at radius 2 is 2.16 bits per heavy atom. The van der Waals surface area contributed by atoms with Crippen LogP contribution in [-0.2, 0) is 4.79 Å². The van der Waals surface area contributed by atoms with Crippen LogP contribution in [0, 0.1) is 0 Å². The summed E-state index contributed by atoms with van der Waals surface area (Å²) in [6, 6.07) is 6.03. The molecule has 0 unspecified atom stereocenters. The summed E-state index contributed by atoms with van der Waals surface area (Å²) >= 11 is 0. The highest BCUT2D eigenvalue weighted by atomic mass is 16.2. The van der Waals surface area contributed by atoms with E-state index >= 15 is 0 Å². The summed E-state index contributed by atoms with van der Waals surface area (Å²) in [6.45, 7) is 8.00. The van der Waals surface area contributed by atoms with E-state index in [-0.39, 0.29) is 5.91 Å². The third kappa shape index (κ3) is 3.59. The first-order valence-electron chi connectivity index (χ1n) is 6.92. The zero-order valence-corrected chi connectivity index (χ0v) is 11.7. The molecule has 0 aromatic carbocycles. The van der Waals surface area contributed by atoms with Crippen molar-refractivity contribution in [2.24, 2.45) is 0 Å². The van der Waals surface area contributed by atoms with Crippen LogP contribution in [0.25, 0.3) is 0 Å². The first-order valence-corrected chi connectivity index (χ1v) is 6.92. The average Bonchev–Trinajstić information content (AvgIpc) is 2.65. The van der Waals surface area contributed by atoms with Gasteiger partial charge in [0.2, 0.25) is 5.91 Å². The summed E-state index contributed by atoms with van der Waals surface area (Å²) in [5.74, 6) is 2.06. The van der Waals surface area contributed by atoms with Crippen molar-refractivity contribution in [3.05, 3.63) is 18.2 Å². The summed E-state index contributed by atoms with van der Waals surface area (Å²) in [6.07, 6.45) is 0.993. The number of nitrogens with one attached hydrogen (secondary N) is 1. The van der Waals surface area contributed by atoms with Crippen molar-refractivity contribution in [3.63, 3.8) is 0 Å². The second-order valence-electron chi connectivity index (χ2n) is 4.76. The molecule has 2 rings (SSSR count). The molecule has 1 aliphatic heterocycles. The van der Waals surface area contributed by atoms with Crippen LogP contribution < -0.4 is 10.2 Å². The van der Waals surface area contributed by atoms with Gasteiger partial charge in [0.15, 0.2) is 0 Å². The van der Waals surface area contributed by atoms with Crippen LogP contribution in [0.3, 0.4) is 0 Å². The van der Waals surface area contributed by atoms with Crippen molar-refractivity contribution in [2.45, 2.75) is 20.3 Å². The maximum atomic E-state index is 11.4. The quantitative estimate of drug-likeness (QED) is 0.898. The molecule has 2 heterocycles. The lowest BCUT2D eigenvalue weighted by molar-refractivity contribution is -0.128. The van der Waals surface area contributed by atoms with Gasteiger partial charge in [-0.1, -0.05) is 6.07 Å². The van der Waals surface area contributed by atoms with Crippen LogP contribution in [0.15, 0.2) is 18.2 Å². The van der Waals surface area contributed by atoms with Crippen LogP contribution in [0.2, 0.25) is 0 Å². The molecular weight excluding hydrogens is 240 g/mol. The minimum atomic E-state index is 0.163. The number of carbonyl (C=O) groups is 1. The average molecular weight is 262 g/mol. The molecule has 1 N–H and O–H groups in total. The number of carbonyl (C=O) groups excluding carboxylic acids is 1. The Morgan fingerprint density at radius 1 is 1.32 bits per heavy atom. The van der Waals surface area contributed by atoms with Gasteiger partial charge in [-0.25, -0.2) is 4.98 Å². The highest BCUT2D eigenvalue weighted by Crippen LogP contribution is 2.16. The predicted octanol–water partition coefficient (Wildman–Crippen LogP) is 1.57. The molecule has 1 saturated heterocycles. The van der Waals surface area contributed by atoms with E-state index < -0.39 is 0 Å². The predicted molar refractivity (Wildman–Crippen MR) is 77.5 cm³/mol. The fraction of sp³-hybridized carbons (Fsp3) is 0.571. The summed E-state index contributed by atoms with van der Waals surface area (Å²) in [5, 5.41) is 3.23. The van der Waals surface area contributed by atoms with E-state index in [0.717, 1.165) is 50.8 Å². The standard InChI is InChI=1S/C14H22N4O/c1-3-15-13-6-4-7-14(16-13)18-9-5-8-17(10-11-18)12(2)19/h4,6-7H,3,5,8-11H2,1-2H3,(H,15,16). The second kappa shape index (κ2) is 6.41.